The zero-order chi connectivity index (χ0) is 18.0. The Bertz CT molecular complexity index is 877. The maximum absolute atomic E-state index is 12.6. The molecular formula is C15H14F2N2O4S2. The molecular weight excluding hydrogens is 374 g/mol. The number of amides is 1. The first-order valence-corrected chi connectivity index (χ1v) is 9.75. The fourth-order valence-corrected chi connectivity index (χ4v) is 4.02. The molecule has 0 saturated carbocycles. The normalized spacial score (nSPS) is 17.8. The summed E-state index contributed by atoms with van der Waals surface area (Å²) < 4.78 is 53.7. The molecule has 1 saturated heterocycles. The minimum atomic E-state index is -4.72. The van der Waals surface area contributed by atoms with Crippen molar-refractivity contribution in [1.82, 2.24) is 4.98 Å². The van der Waals surface area contributed by atoms with Crippen LogP contribution in [0, 0.1) is 0 Å². The SMILES string of the molecule is O=C(Nc1cccc(S(=O)(=O)C(F)F)c1)c1cnc(C2CCCO2)s1. The average Bonchev–Trinajstić information content (AvgIpc) is 3.26. The van der Waals surface area contributed by atoms with E-state index in [4.69, 9.17) is 4.74 Å². The van der Waals surface area contributed by atoms with Crippen LogP contribution in [-0.2, 0) is 14.6 Å². The first kappa shape index (κ1) is 17.9. The molecule has 1 aromatic heterocycles. The maximum Gasteiger partial charge on any atom is 0.341 e. The van der Waals surface area contributed by atoms with Crippen molar-refractivity contribution in [3.05, 3.63) is 40.3 Å². The number of thiazole rings is 1. The van der Waals surface area contributed by atoms with Gasteiger partial charge in [0, 0.05) is 12.3 Å². The van der Waals surface area contributed by atoms with Crippen LogP contribution >= 0.6 is 11.3 Å². The summed E-state index contributed by atoms with van der Waals surface area (Å²) in [6.07, 6.45) is 3.10. The molecule has 2 aromatic rings. The first-order chi connectivity index (χ1) is 11.9. The summed E-state index contributed by atoms with van der Waals surface area (Å²) in [6, 6.07) is 4.76. The highest BCUT2D eigenvalue weighted by atomic mass is 32.2. The van der Waals surface area contributed by atoms with Gasteiger partial charge in [-0.2, -0.15) is 8.78 Å². The second-order valence-corrected chi connectivity index (χ2v) is 8.33. The van der Waals surface area contributed by atoms with E-state index >= 15 is 0 Å². The van der Waals surface area contributed by atoms with Crippen molar-refractivity contribution in [2.45, 2.75) is 29.6 Å². The van der Waals surface area contributed by atoms with Gasteiger partial charge in [-0.3, -0.25) is 4.79 Å². The number of hydrogen-bond donors (Lipinski definition) is 1. The summed E-state index contributed by atoms with van der Waals surface area (Å²) in [4.78, 5) is 16.2. The number of nitrogens with one attached hydrogen (secondary N) is 1. The molecule has 3 rings (SSSR count). The predicted molar refractivity (Wildman–Crippen MR) is 87.6 cm³/mol. The maximum atomic E-state index is 12.6. The molecule has 0 aliphatic carbocycles. The van der Waals surface area contributed by atoms with E-state index < -0.39 is 26.4 Å². The lowest BCUT2D eigenvalue weighted by molar-refractivity contribution is 0.103. The number of rotatable bonds is 5. The van der Waals surface area contributed by atoms with Crippen molar-refractivity contribution < 1.29 is 26.7 Å². The summed E-state index contributed by atoms with van der Waals surface area (Å²) in [5.74, 6) is -4.01. The monoisotopic (exact) mass is 388 g/mol. The lowest BCUT2D eigenvalue weighted by Gasteiger charge is -2.07. The molecule has 1 amide bonds. The van der Waals surface area contributed by atoms with Crippen molar-refractivity contribution >= 4 is 32.8 Å². The third-order valence-corrected chi connectivity index (χ3v) is 6.08. The van der Waals surface area contributed by atoms with Gasteiger partial charge in [0.25, 0.3) is 5.91 Å². The van der Waals surface area contributed by atoms with Gasteiger partial charge >= 0.3 is 5.76 Å². The van der Waals surface area contributed by atoms with Gasteiger partial charge in [-0.05, 0) is 31.0 Å². The Labute approximate surface area is 146 Å². The number of ether oxygens (including phenoxy) is 1. The molecule has 1 N–H and O–H groups in total. The number of nitrogens with zero attached hydrogens (tertiary/aromatic N) is 1. The Morgan fingerprint density at radius 3 is 2.88 bits per heavy atom. The molecule has 134 valence electrons. The van der Waals surface area contributed by atoms with Gasteiger partial charge in [-0.25, -0.2) is 13.4 Å². The van der Waals surface area contributed by atoms with E-state index in [9.17, 15) is 22.0 Å². The average molecular weight is 388 g/mol. The van der Waals surface area contributed by atoms with E-state index in [1.165, 1.54) is 29.7 Å². The van der Waals surface area contributed by atoms with Crippen LogP contribution in [0.1, 0.15) is 33.6 Å². The first-order valence-electron chi connectivity index (χ1n) is 7.39. The van der Waals surface area contributed by atoms with Gasteiger partial charge in [0.05, 0.1) is 11.1 Å². The number of benzene rings is 1. The van der Waals surface area contributed by atoms with Crippen LogP contribution in [0.2, 0.25) is 0 Å². The molecule has 1 fully saturated rings. The summed E-state index contributed by atoms with van der Waals surface area (Å²) in [5, 5.41) is 3.20. The highest BCUT2D eigenvalue weighted by Gasteiger charge is 2.27. The summed E-state index contributed by atoms with van der Waals surface area (Å²) in [7, 11) is -4.72. The van der Waals surface area contributed by atoms with E-state index in [-0.39, 0.29) is 11.8 Å². The second-order valence-electron chi connectivity index (χ2n) is 5.35. The molecule has 0 bridgehead atoms. The van der Waals surface area contributed by atoms with Crippen LogP contribution in [0.3, 0.4) is 0 Å². The van der Waals surface area contributed by atoms with Gasteiger partial charge in [-0.15, -0.1) is 11.3 Å². The molecule has 1 aliphatic rings. The molecule has 0 spiro atoms. The summed E-state index contributed by atoms with van der Waals surface area (Å²) in [6.45, 7) is 0.664. The lowest BCUT2D eigenvalue weighted by Crippen LogP contribution is -2.13. The number of anilines is 1. The minimum absolute atomic E-state index is 0.105. The number of carbonyl (C=O) groups is 1. The highest BCUT2D eigenvalue weighted by Crippen LogP contribution is 2.31. The van der Waals surface area contributed by atoms with Gasteiger partial charge in [0.2, 0.25) is 9.84 Å². The van der Waals surface area contributed by atoms with Crippen LogP contribution in [0.25, 0.3) is 0 Å². The van der Waals surface area contributed by atoms with E-state index in [2.05, 4.69) is 10.3 Å². The zero-order valence-corrected chi connectivity index (χ0v) is 14.4. The second kappa shape index (κ2) is 7.14. The number of aromatic nitrogens is 1. The van der Waals surface area contributed by atoms with Gasteiger partial charge in [-0.1, -0.05) is 6.07 Å². The third-order valence-electron chi connectivity index (χ3n) is 3.61. The molecule has 6 nitrogen and oxygen atoms in total. The Hall–Kier alpha value is -1.91. The number of hydrogen-bond acceptors (Lipinski definition) is 6. The Balaban J connectivity index is 1.75. The molecule has 0 radical (unpaired) electrons. The molecule has 1 atom stereocenters. The Morgan fingerprint density at radius 1 is 1.40 bits per heavy atom. The number of carbonyl (C=O) groups excluding carboxylic acids is 1. The largest absolute Gasteiger partial charge is 0.371 e. The van der Waals surface area contributed by atoms with Crippen molar-refractivity contribution in [1.29, 1.82) is 0 Å². The van der Waals surface area contributed by atoms with Crippen LogP contribution in [0.5, 0.6) is 0 Å². The Morgan fingerprint density at radius 2 is 2.20 bits per heavy atom. The number of sulfone groups is 1. The molecule has 1 aliphatic heterocycles. The lowest BCUT2D eigenvalue weighted by atomic mass is 10.2. The zero-order valence-electron chi connectivity index (χ0n) is 12.8. The fourth-order valence-electron chi connectivity index (χ4n) is 2.36. The van der Waals surface area contributed by atoms with E-state index in [1.807, 2.05) is 0 Å². The molecule has 10 heteroatoms. The predicted octanol–water partition coefficient (Wildman–Crippen LogP) is 3.24. The standard InChI is InChI=1S/C15H14F2N2O4S2/c16-15(17)25(21,22)10-4-1-3-9(7-10)19-13(20)12-8-18-14(24-12)11-5-2-6-23-11/h1,3-4,7-8,11,15H,2,5-6H2,(H,19,20). The Kier molecular flexibility index (Phi) is 5.11. The molecule has 25 heavy (non-hydrogen) atoms. The van der Waals surface area contributed by atoms with Gasteiger partial charge < -0.3 is 10.1 Å². The molecule has 2 heterocycles. The highest BCUT2D eigenvalue weighted by molar-refractivity contribution is 7.91. The van der Waals surface area contributed by atoms with Crippen LogP contribution in [-0.4, -0.2) is 31.7 Å². The molecule has 1 unspecified atom stereocenters. The number of alkyl halides is 2. The minimum Gasteiger partial charge on any atom is -0.371 e. The topological polar surface area (TPSA) is 85.4 Å². The van der Waals surface area contributed by atoms with Crippen molar-refractivity contribution in [3.8, 4) is 0 Å². The summed E-state index contributed by atoms with van der Waals surface area (Å²) >= 11 is 1.19. The fraction of sp³-hybridized carbons (Fsp3) is 0.333. The van der Waals surface area contributed by atoms with Crippen LogP contribution in [0.4, 0.5) is 14.5 Å². The van der Waals surface area contributed by atoms with Crippen molar-refractivity contribution in [2.24, 2.45) is 0 Å². The van der Waals surface area contributed by atoms with Crippen molar-refractivity contribution in [3.63, 3.8) is 0 Å². The van der Waals surface area contributed by atoms with Crippen LogP contribution in [0.15, 0.2) is 35.4 Å². The van der Waals surface area contributed by atoms with Crippen molar-refractivity contribution in [2.75, 3.05) is 11.9 Å². The van der Waals surface area contributed by atoms with E-state index in [0.29, 0.717) is 16.5 Å². The quantitative estimate of drug-likeness (QED) is 0.850. The van der Waals surface area contributed by atoms with E-state index in [0.717, 1.165) is 25.0 Å². The van der Waals surface area contributed by atoms with Crippen LogP contribution < -0.4 is 5.32 Å². The third kappa shape index (κ3) is 3.86. The van der Waals surface area contributed by atoms with E-state index in [1.54, 1.807) is 0 Å². The van der Waals surface area contributed by atoms with Gasteiger partial charge in [0.1, 0.15) is 16.0 Å². The van der Waals surface area contributed by atoms with Gasteiger partial charge in [0.15, 0.2) is 0 Å². The summed E-state index contributed by atoms with van der Waals surface area (Å²) in [5.41, 5.74) is 0.110. The number of halogens is 2. The smallest absolute Gasteiger partial charge is 0.341 e. The molecule has 1 aromatic carbocycles.